The molecule has 74 valence electrons. The summed E-state index contributed by atoms with van der Waals surface area (Å²) in [6.45, 7) is 0. The van der Waals surface area contributed by atoms with E-state index in [1.165, 1.54) is 0 Å². The number of ether oxygens (including phenoxy) is 1. The van der Waals surface area contributed by atoms with Gasteiger partial charge < -0.3 is 4.74 Å². The van der Waals surface area contributed by atoms with Gasteiger partial charge in [-0.15, -0.1) is 0 Å². The molecule has 0 spiro atoms. The molecule has 3 rings (SSSR count). The number of para-hydroxylation sites is 1. The van der Waals surface area contributed by atoms with E-state index in [0.29, 0.717) is 11.3 Å². The van der Waals surface area contributed by atoms with Crippen molar-refractivity contribution in [1.82, 2.24) is 0 Å². The normalized spacial score (nSPS) is 22.5. The molecule has 1 unspecified atom stereocenters. The molecule has 2 aliphatic rings. The van der Waals surface area contributed by atoms with Gasteiger partial charge >= 0.3 is 0 Å². The van der Waals surface area contributed by atoms with Gasteiger partial charge in [-0.25, -0.2) is 0 Å². The highest BCUT2D eigenvalue weighted by Crippen LogP contribution is 2.35. The summed E-state index contributed by atoms with van der Waals surface area (Å²) < 4.78 is 5.70. The van der Waals surface area contributed by atoms with Crippen LogP contribution in [-0.4, -0.2) is 5.78 Å². The van der Waals surface area contributed by atoms with Crippen LogP contribution in [0.4, 0.5) is 0 Å². The lowest BCUT2D eigenvalue weighted by Crippen LogP contribution is -2.25. The Hall–Kier alpha value is -1.83. The number of benzene rings is 1. The first-order valence-corrected chi connectivity index (χ1v) is 5.04. The molecule has 0 saturated heterocycles. The second kappa shape index (κ2) is 3.09. The molecular weight excluding hydrogens is 188 g/mol. The van der Waals surface area contributed by atoms with Crippen LogP contribution >= 0.6 is 0 Å². The van der Waals surface area contributed by atoms with Gasteiger partial charge in [-0.05, 0) is 24.6 Å². The lowest BCUT2D eigenvalue weighted by molar-refractivity contribution is 0.0919. The van der Waals surface area contributed by atoms with E-state index in [0.717, 1.165) is 12.2 Å². The van der Waals surface area contributed by atoms with Crippen LogP contribution in [0, 0.1) is 5.92 Å². The average molecular weight is 198 g/mol. The van der Waals surface area contributed by atoms with Gasteiger partial charge in [-0.2, -0.15) is 0 Å². The number of ketones is 1. The molecule has 1 aromatic rings. The molecule has 2 nitrogen and oxygen atoms in total. The zero-order valence-electron chi connectivity index (χ0n) is 8.14. The second-order valence-electron chi connectivity index (χ2n) is 3.71. The number of Topliss-reactive ketones (excluding diaryl/α,β-unsaturated/α-hetero) is 1. The van der Waals surface area contributed by atoms with E-state index in [9.17, 15) is 4.79 Å². The maximum atomic E-state index is 12.1. The molecule has 0 radical (unpaired) electrons. The molecule has 2 heteroatoms. The third-order valence-corrected chi connectivity index (χ3v) is 2.75. The summed E-state index contributed by atoms with van der Waals surface area (Å²) in [4.78, 5) is 12.1. The molecular formula is C13H10O2. The van der Waals surface area contributed by atoms with Crippen LogP contribution in [0.3, 0.4) is 0 Å². The third-order valence-electron chi connectivity index (χ3n) is 2.75. The van der Waals surface area contributed by atoms with Crippen LogP contribution in [0.25, 0.3) is 0 Å². The van der Waals surface area contributed by atoms with Crippen molar-refractivity contribution in [1.29, 1.82) is 0 Å². The molecule has 0 bridgehead atoms. The quantitative estimate of drug-likeness (QED) is 0.599. The predicted molar refractivity (Wildman–Crippen MR) is 56.7 cm³/mol. The molecule has 0 N–H and O–H groups in total. The Morgan fingerprint density at radius 1 is 1.27 bits per heavy atom. The first-order chi connectivity index (χ1) is 7.36. The summed E-state index contributed by atoms with van der Waals surface area (Å²) in [5.41, 5.74) is 0.686. The molecule has 1 atom stereocenters. The van der Waals surface area contributed by atoms with Crippen molar-refractivity contribution >= 4 is 5.78 Å². The van der Waals surface area contributed by atoms with Gasteiger partial charge in [-0.3, -0.25) is 4.79 Å². The summed E-state index contributed by atoms with van der Waals surface area (Å²) in [7, 11) is 0. The lowest BCUT2D eigenvalue weighted by Gasteiger charge is -2.26. The minimum absolute atomic E-state index is 0.138. The highest BCUT2D eigenvalue weighted by Gasteiger charge is 2.31. The van der Waals surface area contributed by atoms with Gasteiger partial charge in [0.05, 0.1) is 11.5 Å². The minimum Gasteiger partial charge on any atom is -0.460 e. The van der Waals surface area contributed by atoms with E-state index in [2.05, 4.69) is 0 Å². The SMILES string of the molecule is O=C1c2ccccc2OC2=CCC=CC12. The van der Waals surface area contributed by atoms with Gasteiger partial charge in [0.2, 0.25) is 0 Å². The fourth-order valence-electron chi connectivity index (χ4n) is 2.00. The monoisotopic (exact) mass is 198 g/mol. The maximum Gasteiger partial charge on any atom is 0.181 e. The fourth-order valence-corrected chi connectivity index (χ4v) is 2.00. The maximum absolute atomic E-state index is 12.1. The number of carbonyl (C=O) groups is 1. The van der Waals surface area contributed by atoms with Crippen LogP contribution in [0.2, 0.25) is 0 Å². The van der Waals surface area contributed by atoms with Crippen molar-refractivity contribution in [3.8, 4) is 5.75 Å². The summed E-state index contributed by atoms with van der Waals surface area (Å²) in [6, 6.07) is 7.40. The van der Waals surface area contributed by atoms with Gasteiger partial charge in [0.1, 0.15) is 11.5 Å². The summed E-state index contributed by atoms with van der Waals surface area (Å²) in [6.07, 6.45) is 6.75. The van der Waals surface area contributed by atoms with Crippen molar-refractivity contribution in [2.45, 2.75) is 6.42 Å². The molecule has 0 aromatic heterocycles. The Morgan fingerprint density at radius 3 is 3.07 bits per heavy atom. The van der Waals surface area contributed by atoms with Crippen molar-refractivity contribution in [3.63, 3.8) is 0 Å². The molecule has 1 aliphatic carbocycles. The fraction of sp³-hybridized carbons (Fsp3) is 0.154. The minimum atomic E-state index is -0.200. The number of allylic oxidation sites excluding steroid dienone is 3. The van der Waals surface area contributed by atoms with E-state index in [1.54, 1.807) is 0 Å². The zero-order chi connectivity index (χ0) is 10.3. The molecule has 1 heterocycles. The third kappa shape index (κ3) is 1.22. The number of hydrogen-bond donors (Lipinski definition) is 0. The van der Waals surface area contributed by atoms with Gasteiger partial charge in [-0.1, -0.05) is 24.3 Å². The van der Waals surface area contributed by atoms with Crippen LogP contribution in [-0.2, 0) is 0 Å². The van der Waals surface area contributed by atoms with Crippen molar-refractivity contribution in [2.24, 2.45) is 5.92 Å². The Balaban J connectivity index is 2.14. The smallest absolute Gasteiger partial charge is 0.181 e. The van der Waals surface area contributed by atoms with E-state index in [-0.39, 0.29) is 11.7 Å². The van der Waals surface area contributed by atoms with E-state index >= 15 is 0 Å². The van der Waals surface area contributed by atoms with E-state index in [1.807, 2.05) is 42.5 Å². The first-order valence-electron chi connectivity index (χ1n) is 5.04. The molecule has 1 aliphatic heterocycles. The Morgan fingerprint density at radius 2 is 2.13 bits per heavy atom. The molecule has 0 amide bonds. The van der Waals surface area contributed by atoms with Gasteiger partial charge in [0.25, 0.3) is 0 Å². The first kappa shape index (κ1) is 8.48. The average Bonchev–Trinajstić information content (AvgIpc) is 2.30. The Bertz CT molecular complexity index is 483. The molecule has 15 heavy (non-hydrogen) atoms. The van der Waals surface area contributed by atoms with Crippen LogP contribution < -0.4 is 4.74 Å². The zero-order valence-corrected chi connectivity index (χ0v) is 8.14. The van der Waals surface area contributed by atoms with Crippen molar-refractivity contribution in [2.75, 3.05) is 0 Å². The number of fused-ring (bicyclic) bond motifs is 2. The van der Waals surface area contributed by atoms with Crippen LogP contribution in [0.5, 0.6) is 5.75 Å². The molecule has 1 aromatic carbocycles. The number of hydrogen-bond acceptors (Lipinski definition) is 2. The van der Waals surface area contributed by atoms with E-state index in [4.69, 9.17) is 4.74 Å². The Labute approximate surface area is 87.9 Å². The standard InChI is InChI=1S/C13H10O2/c14-13-9-5-1-3-7-11(9)15-12-8-4-2-6-10(12)13/h1-3,5-8,10H,4H2. The Kier molecular flexibility index (Phi) is 1.75. The summed E-state index contributed by atoms with van der Waals surface area (Å²) in [5, 5.41) is 0. The van der Waals surface area contributed by atoms with Crippen LogP contribution in [0.15, 0.2) is 48.3 Å². The number of carbonyl (C=O) groups excluding carboxylic acids is 1. The second-order valence-corrected chi connectivity index (χ2v) is 3.71. The highest BCUT2D eigenvalue weighted by molar-refractivity contribution is 6.04. The molecule has 0 saturated carbocycles. The predicted octanol–water partition coefficient (Wildman–Crippen LogP) is 2.72. The van der Waals surface area contributed by atoms with Gasteiger partial charge in [0.15, 0.2) is 5.78 Å². The topological polar surface area (TPSA) is 26.3 Å². The summed E-state index contributed by atoms with van der Waals surface area (Å²) in [5.74, 6) is 1.40. The largest absolute Gasteiger partial charge is 0.460 e. The van der Waals surface area contributed by atoms with Crippen LogP contribution in [0.1, 0.15) is 16.8 Å². The highest BCUT2D eigenvalue weighted by atomic mass is 16.5. The molecule has 0 fully saturated rings. The number of rotatable bonds is 0. The van der Waals surface area contributed by atoms with Gasteiger partial charge in [0, 0.05) is 0 Å². The summed E-state index contributed by atoms with van der Waals surface area (Å²) >= 11 is 0. The van der Waals surface area contributed by atoms with Crippen molar-refractivity contribution in [3.05, 3.63) is 53.8 Å². The van der Waals surface area contributed by atoms with Crippen molar-refractivity contribution < 1.29 is 9.53 Å². The van der Waals surface area contributed by atoms with E-state index < -0.39 is 0 Å². The lowest BCUT2D eigenvalue weighted by atomic mass is 9.89.